The molecule has 17 heavy (non-hydrogen) atoms. The first kappa shape index (κ1) is 12.3. The summed E-state index contributed by atoms with van der Waals surface area (Å²) in [4.78, 5) is 15.0. The van der Waals surface area contributed by atoms with Gasteiger partial charge in [-0.3, -0.25) is 4.79 Å². The second-order valence-corrected chi connectivity index (χ2v) is 5.16. The van der Waals surface area contributed by atoms with Crippen LogP contribution < -0.4 is 5.32 Å². The quantitative estimate of drug-likeness (QED) is 0.792. The first-order chi connectivity index (χ1) is 8.18. The van der Waals surface area contributed by atoms with Crippen molar-refractivity contribution < 1.29 is 4.79 Å². The SMILES string of the molecule is C[C@@H]1CCCC[C@H]1NC(=O)c1ccc[nH]c1=S. The second-order valence-electron chi connectivity index (χ2n) is 4.75. The molecule has 4 heteroatoms. The summed E-state index contributed by atoms with van der Waals surface area (Å²) in [5.74, 6) is 0.513. The van der Waals surface area contributed by atoms with Gasteiger partial charge in [0.1, 0.15) is 4.64 Å². The third kappa shape index (κ3) is 2.94. The molecule has 0 unspecified atom stereocenters. The van der Waals surface area contributed by atoms with E-state index >= 15 is 0 Å². The highest BCUT2D eigenvalue weighted by molar-refractivity contribution is 7.71. The first-order valence-corrected chi connectivity index (χ1v) is 6.58. The van der Waals surface area contributed by atoms with Crippen LogP contribution in [0.15, 0.2) is 18.3 Å². The van der Waals surface area contributed by atoms with E-state index < -0.39 is 0 Å². The highest BCUT2D eigenvalue weighted by atomic mass is 32.1. The number of nitrogens with one attached hydrogen (secondary N) is 2. The van der Waals surface area contributed by atoms with E-state index in [0.717, 1.165) is 6.42 Å². The molecular formula is C13H18N2OS. The minimum atomic E-state index is -0.0504. The van der Waals surface area contributed by atoms with Crippen molar-refractivity contribution >= 4 is 18.1 Å². The van der Waals surface area contributed by atoms with Crippen LogP contribution in [0.1, 0.15) is 43.0 Å². The fourth-order valence-electron chi connectivity index (χ4n) is 2.38. The Morgan fingerprint density at radius 1 is 1.47 bits per heavy atom. The number of amides is 1. The van der Waals surface area contributed by atoms with Crippen LogP contribution in [0.5, 0.6) is 0 Å². The summed E-state index contributed by atoms with van der Waals surface area (Å²) in [5.41, 5.74) is 0.570. The highest BCUT2D eigenvalue weighted by Gasteiger charge is 2.23. The van der Waals surface area contributed by atoms with Gasteiger partial charge >= 0.3 is 0 Å². The summed E-state index contributed by atoms with van der Waals surface area (Å²) in [6.45, 7) is 2.20. The van der Waals surface area contributed by atoms with Gasteiger partial charge in [0.25, 0.3) is 5.91 Å². The number of H-pyrrole nitrogens is 1. The van der Waals surface area contributed by atoms with Crippen molar-refractivity contribution in [3.05, 3.63) is 28.5 Å². The zero-order valence-corrected chi connectivity index (χ0v) is 10.8. The number of rotatable bonds is 2. The molecule has 0 bridgehead atoms. The number of pyridine rings is 1. The average molecular weight is 250 g/mol. The molecule has 1 saturated carbocycles. The number of hydrogen-bond acceptors (Lipinski definition) is 2. The van der Waals surface area contributed by atoms with E-state index in [9.17, 15) is 4.79 Å². The van der Waals surface area contributed by atoms with Gasteiger partial charge in [0.15, 0.2) is 0 Å². The summed E-state index contributed by atoms with van der Waals surface area (Å²) in [5, 5.41) is 3.10. The van der Waals surface area contributed by atoms with Gasteiger partial charge in [-0.05, 0) is 30.9 Å². The summed E-state index contributed by atoms with van der Waals surface area (Å²) >= 11 is 5.11. The lowest BCUT2D eigenvalue weighted by atomic mass is 9.86. The van der Waals surface area contributed by atoms with E-state index in [1.807, 2.05) is 0 Å². The summed E-state index contributed by atoms with van der Waals surface area (Å²) < 4.78 is 0.508. The predicted molar refractivity (Wildman–Crippen MR) is 70.5 cm³/mol. The van der Waals surface area contributed by atoms with Crippen molar-refractivity contribution in [2.75, 3.05) is 0 Å². The molecule has 92 valence electrons. The van der Waals surface area contributed by atoms with Gasteiger partial charge in [-0.15, -0.1) is 0 Å². The molecule has 3 nitrogen and oxygen atoms in total. The molecule has 0 aromatic carbocycles. The Labute approximate surface area is 107 Å². The number of carbonyl (C=O) groups is 1. The summed E-state index contributed by atoms with van der Waals surface area (Å²) in [7, 11) is 0. The second kappa shape index (κ2) is 5.45. The number of aromatic nitrogens is 1. The molecule has 1 amide bonds. The maximum atomic E-state index is 12.1. The molecule has 2 atom stereocenters. The van der Waals surface area contributed by atoms with Crippen LogP contribution in [0.3, 0.4) is 0 Å². The molecule has 1 fully saturated rings. The highest BCUT2D eigenvalue weighted by Crippen LogP contribution is 2.23. The maximum absolute atomic E-state index is 12.1. The molecule has 1 aliphatic carbocycles. The first-order valence-electron chi connectivity index (χ1n) is 6.17. The standard InChI is InChI=1S/C13H18N2OS/c1-9-5-2-3-7-11(9)15-12(16)10-6-4-8-14-13(10)17/h4,6,8-9,11H,2-3,5,7H2,1H3,(H,14,17)(H,15,16)/t9-,11-/m1/s1. The van der Waals surface area contributed by atoms with Crippen LogP contribution in [-0.4, -0.2) is 16.9 Å². The van der Waals surface area contributed by atoms with Gasteiger partial charge in [0.2, 0.25) is 0 Å². The van der Waals surface area contributed by atoms with Gasteiger partial charge in [0, 0.05) is 12.2 Å². The molecule has 2 rings (SSSR count). The minimum absolute atomic E-state index is 0.0504. The van der Waals surface area contributed by atoms with Crippen molar-refractivity contribution in [1.82, 2.24) is 10.3 Å². The lowest BCUT2D eigenvalue weighted by molar-refractivity contribution is 0.0909. The Balaban J connectivity index is 2.06. The average Bonchev–Trinajstić information content (AvgIpc) is 2.32. The zero-order valence-electron chi connectivity index (χ0n) is 10.0. The molecule has 1 aromatic heterocycles. The van der Waals surface area contributed by atoms with E-state index in [1.165, 1.54) is 19.3 Å². The Kier molecular flexibility index (Phi) is 3.94. The van der Waals surface area contributed by atoms with Crippen molar-refractivity contribution in [3.8, 4) is 0 Å². The molecule has 1 aromatic rings. The van der Waals surface area contributed by atoms with Gasteiger partial charge < -0.3 is 10.3 Å². The fraction of sp³-hybridized carbons (Fsp3) is 0.538. The Hall–Kier alpha value is -1.16. The predicted octanol–water partition coefficient (Wildman–Crippen LogP) is 3.05. The monoisotopic (exact) mass is 250 g/mol. The lowest BCUT2D eigenvalue weighted by Crippen LogP contribution is -2.41. The van der Waals surface area contributed by atoms with Crippen molar-refractivity contribution in [2.24, 2.45) is 5.92 Å². The molecule has 2 N–H and O–H groups in total. The van der Waals surface area contributed by atoms with E-state index in [2.05, 4.69) is 17.2 Å². The van der Waals surface area contributed by atoms with E-state index in [0.29, 0.717) is 22.2 Å². The van der Waals surface area contributed by atoms with Crippen LogP contribution in [0.25, 0.3) is 0 Å². The maximum Gasteiger partial charge on any atom is 0.254 e. The molecule has 1 heterocycles. The van der Waals surface area contributed by atoms with E-state index in [1.54, 1.807) is 18.3 Å². The van der Waals surface area contributed by atoms with E-state index in [4.69, 9.17) is 12.2 Å². The van der Waals surface area contributed by atoms with Crippen LogP contribution in [0, 0.1) is 10.6 Å². The fourth-order valence-corrected chi connectivity index (χ4v) is 2.61. The van der Waals surface area contributed by atoms with Gasteiger partial charge in [0.05, 0.1) is 5.56 Å². The minimum Gasteiger partial charge on any atom is -0.352 e. The smallest absolute Gasteiger partial charge is 0.254 e. The van der Waals surface area contributed by atoms with Crippen LogP contribution in [0.4, 0.5) is 0 Å². The van der Waals surface area contributed by atoms with Gasteiger partial charge in [-0.2, -0.15) is 0 Å². The van der Waals surface area contributed by atoms with Crippen molar-refractivity contribution in [1.29, 1.82) is 0 Å². The van der Waals surface area contributed by atoms with Crippen molar-refractivity contribution in [2.45, 2.75) is 38.6 Å². The lowest BCUT2D eigenvalue weighted by Gasteiger charge is -2.29. The third-order valence-electron chi connectivity index (χ3n) is 3.49. The Morgan fingerprint density at radius 3 is 2.94 bits per heavy atom. The van der Waals surface area contributed by atoms with E-state index in [-0.39, 0.29) is 5.91 Å². The summed E-state index contributed by atoms with van der Waals surface area (Å²) in [6.07, 6.45) is 6.50. The Morgan fingerprint density at radius 2 is 2.24 bits per heavy atom. The molecule has 1 aliphatic rings. The molecule has 0 spiro atoms. The number of hydrogen-bond donors (Lipinski definition) is 2. The number of aromatic amines is 1. The zero-order chi connectivity index (χ0) is 12.3. The topological polar surface area (TPSA) is 44.9 Å². The normalized spacial score (nSPS) is 24.3. The number of carbonyl (C=O) groups excluding carboxylic acids is 1. The van der Waals surface area contributed by atoms with Crippen LogP contribution >= 0.6 is 12.2 Å². The largest absolute Gasteiger partial charge is 0.352 e. The molecular weight excluding hydrogens is 232 g/mol. The summed E-state index contributed by atoms with van der Waals surface area (Å²) in [6, 6.07) is 3.86. The molecule has 0 aliphatic heterocycles. The third-order valence-corrected chi connectivity index (χ3v) is 3.83. The molecule has 0 saturated heterocycles. The van der Waals surface area contributed by atoms with Gasteiger partial charge in [-0.1, -0.05) is 32.0 Å². The molecule has 0 radical (unpaired) electrons. The van der Waals surface area contributed by atoms with Crippen molar-refractivity contribution in [3.63, 3.8) is 0 Å². The van der Waals surface area contributed by atoms with Crippen LogP contribution in [-0.2, 0) is 0 Å². The Bertz CT molecular complexity index is 455. The van der Waals surface area contributed by atoms with Gasteiger partial charge in [-0.25, -0.2) is 0 Å². The van der Waals surface area contributed by atoms with Crippen LogP contribution in [0.2, 0.25) is 0 Å².